The van der Waals surface area contributed by atoms with Gasteiger partial charge >= 0.3 is 11.9 Å². The Morgan fingerprint density at radius 2 is 1.41 bits per heavy atom. The van der Waals surface area contributed by atoms with Gasteiger partial charge in [0.15, 0.2) is 5.78 Å². The molecule has 1 N–H and O–H groups in total. The predicted octanol–water partition coefficient (Wildman–Crippen LogP) is 8.27. The number of Topliss-reactive ketones (excluding diaryl/α,β-unsaturated/α-hetero) is 1. The van der Waals surface area contributed by atoms with Crippen LogP contribution in [0.4, 0.5) is 11.4 Å². The lowest BCUT2D eigenvalue weighted by molar-refractivity contribution is 0.0592. The van der Waals surface area contributed by atoms with Crippen molar-refractivity contribution in [1.82, 2.24) is 0 Å². The second-order valence-corrected chi connectivity index (χ2v) is 16.9. The van der Waals surface area contributed by atoms with Crippen molar-refractivity contribution >= 4 is 56.4 Å². The van der Waals surface area contributed by atoms with Gasteiger partial charge in [-0.05, 0) is 118 Å². The van der Waals surface area contributed by atoms with Gasteiger partial charge in [0.05, 0.1) is 41.5 Å². The van der Waals surface area contributed by atoms with Crippen molar-refractivity contribution in [3.05, 3.63) is 146 Å². The number of hydrogen-bond acceptors (Lipinski definition) is 9. The third kappa shape index (κ3) is 8.77. The van der Waals surface area contributed by atoms with Crippen LogP contribution < -0.4 is 9.62 Å². The van der Waals surface area contributed by atoms with Gasteiger partial charge in [-0.2, -0.15) is 0 Å². The fourth-order valence-electron chi connectivity index (χ4n) is 7.00. The first-order valence-corrected chi connectivity index (χ1v) is 20.7. The van der Waals surface area contributed by atoms with Gasteiger partial charge in [-0.25, -0.2) is 18.0 Å². The summed E-state index contributed by atoms with van der Waals surface area (Å²) in [6.45, 7) is 3.41. The van der Waals surface area contributed by atoms with E-state index in [0.717, 1.165) is 64.4 Å². The first-order chi connectivity index (χ1) is 26.9. The third-order valence-electron chi connectivity index (χ3n) is 9.81. The van der Waals surface area contributed by atoms with Crippen LogP contribution in [0.25, 0.3) is 0 Å². The molecule has 4 aromatic carbocycles. The molecule has 10 nitrogen and oxygen atoms in total. The van der Waals surface area contributed by atoms with Crippen LogP contribution in [0.1, 0.15) is 94.6 Å². The molecule has 1 heterocycles. The Balaban J connectivity index is 1.19. The van der Waals surface area contributed by atoms with Crippen LogP contribution in [0.5, 0.6) is 0 Å². The van der Waals surface area contributed by atoms with Gasteiger partial charge < -0.3 is 14.8 Å². The van der Waals surface area contributed by atoms with Crippen LogP contribution in [0.2, 0.25) is 0 Å². The topological polar surface area (TPSA) is 136 Å². The van der Waals surface area contributed by atoms with Gasteiger partial charge in [0, 0.05) is 33.5 Å². The molecule has 0 saturated heterocycles. The highest BCUT2D eigenvalue weighted by molar-refractivity contribution is 7.92. The van der Waals surface area contributed by atoms with E-state index in [2.05, 4.69) is 5.32 Å². The molecule has 290 valence electrons. The average molecular weight is 793 g/mol. The van der Waals surface area contributed by atoms with E-state index in [4.69, 9.17) is 9.47 Å². The number of para-hydroxylation sites is 1. The molecule has 0 fully saturated rings. The van der Waals surface area contributed by atoms with Crippen molar-refractivity contribution in [3.8, 4) is 0 Å². The van der Waals surface area contributed by atoms with E-state index in [1.54, 1.807) is 50.2 Å². The number of nitrogens with one attached hydrogen (secondary N) is 1. The summed E-state index contributed by atoms with van der Waals surface area (Å²) in [5.41, 5.74) is 5.29. The number of benzene rings is 4. The molecule has 0 spiro atoms. The molecular weight excluding hydrogens is 749 g/mol. The molecule has 1 amide bonds. The lowest BCUT2D eigenvalue weighted by Gasteiger charge is -2.29. The summed E-state index contributed by atoms with van der Waals surface area (Å²) in [5.74, 6) is -1.63. The molecule has 6 rings (SSSR count). The quantitative estimate of drug-likeness (QED) is 0.0877. The van der Waals surface area contributed by atoms with Crippen LogP contribution in [0, 0.1) is 0 Å². The molecule has 1 aliphatic carbocycles. The molecule has 0 unspecified atom stereocenters. The lowest BCUT2D eigenvalue weighted by atomic mass is 9.93. The number of esters is 2. The molecule has 0 radical (unpaired) electrons. The normalized spacial score (nSPS) is 12.4. The van der Waals surface area contributed by atoms with E-state index < -0.39 is 22.0 Å². The maximum atomic E-state index is 14.2. The van der Waals surface area contributed by atoms with Gasteiger partial charge in [-0.3, -0.25) is 13.9 Å². The molecule has 12 heteroatoms. The minimum atomic E-state index is -4.24. The van der Waals surface area contributed by atoms with Crippen molar-refractivity contribution in [2.75, 3.05) is 23.8 Å². The first-order valence-electron chi connectivity index (χ1n) is 18.5. The smallest absolute Gasteiger partial charge is 0.340 e. The highest BCUT2D eigenvalue weighted by Crippen LogP contribution is 2.36. The zero-order valence-electron chi connectivity index (χ0n) is 31.8. The van der Waals surface area contributed by atoms with E-state index in [-0.39, 0.29) is 45.8 Å². The molecule has 0 bridgehead atoms. The van der Waals surface area contributed by atoms with E-state index in [1.165, 1.54) is 49.8 Å². The van der Waals surface area contributed by atoms with Gasteiger partial charge in [-0.15, -0.1) is 11.3 Å². The second kappa shape index (κ2) is 17.5. The Bertz CT molecular complexity index is 2360. The molecule has 0 saturated carbocycles. The number of rotatable bonds is 14. The van der Waals surface area contributed by atoms with E-state index in [9.17, 15) is 27.6 Å². The Morgan fingerprint density at radius 3 is 2.07 bits per heavy atom. The minimum Gasteiger partial charge on any atom is -0.465 e. The van der Waals surface area contributed by atoms with E-state index in [0.29, 0.717) is 21.7 Å². The average Bonchev–Trinajstić information content (AvgIpc) is 3.58. The van der Waals surface area contributed by atoms with Crippen molar-refractivity contribution in [2.45, 2.75) is 69.7 Å². The van der Waals surface area contributed by atoms with Gasteiger partial charge in [0.1, 0.15) is 0 Å². The summed E-state index contributed by atoms with van der Waals surface area (Å²) in [6.07, 6.45) is 5.01. The highest BCUT2D eigenvalue weighted by atomic mass is 32.2. The van der Waals surface area contributed by atoms with Gasteiger partial charge in [0.25, 0.3) is 15.9 Å². The summed E-state index contributed by atoms with van der Waals surface area (Å²) in [4.78, 5) is 53.9. The summed E-state index contributed by atoms with van der Waals surface area (Å²) < 4.78 is 39.2. The zero-order chi connectivity index (χ0) is 40.0. The van der Waals surface area contributed by atoms with E-state index >= 15 is 0 Å². The summed E-state index contributed by atoms with van der Waals surface area (Å²) in [6, 6.07) is 26.7. The number of amides is 1. The predicted molar refractivity (Wildman–Crippen MR) is 218 cm³/mol. The Hall–Kier alpha value is -5.59. The van der Waals surface area contributed by atoms with Crippen molar-refractivity contribution < 1.29 is 37.1 Å². The lowest BCUT2D eigenvalue weighted by Crippen LogP contribution is -2.38. The van der Waals surface area contributed by atoms with E-state index in [1.807, 2.05) is 36.4 Å². The number of anilines is 2. The largest absolute Gasteiger partial charge is 0.465 e. The van der Waals surface area contributed by atoms with Crippen LogP contribution in [0.15, 0.2) is 102 Å². The monoisotopic (exact) mass is 792 g/mol. The van der Waals surface area contributed by atoms with Crippen LogP contribution >= 0.6 is 11.3 Å². The molecule has 0 aliphatic heterocycles. The first kappa shape index (κ1) is 40.1. The second-order valence-electron chi connectivity index (χ2n) is 13.9. The Labute approximate surface area is 331 Å². The number of aryl methyl sites for hydroxylation is 3. The molecule has 56 heavy (non-hydrogen) atoms. The number of carbonyl (C=O) groups is 4. The fraction of sp³-hybridized carbons (Fsp3) is 0.273. The van der Waals surface area contributed by atoms with Gasteiger partial charge in [-0.1, -0.05) is 48.5 Å². The number of ether oxygens (including phenoxy) is 2. The Kier molecular flexibility index (Phi) is 12.5. The number of thiophene rings is 1. The van der Waals surface area contributed by atoms with Crippen LogP contribution in [-0.4, -0.2) is 52.3 Å². The number of nitrogens with zero attached hydrogens (tertiary/aromatic N) is 1. The standard InChI is InChI=1S/C44H44N2O8S2/c1-28(2)46(37-14-7-5-12-35(37)44(50)54-4)56(51,52)34-11-9-10-32(26-34)38(47)27-40-41(36-13-6-8-15-39(36)55-40)42(48)45-33-24-20-30(21-25-33)17-16-29-18-22-31(23-19-29)43(49)53-3/h5,7,9-12,14,18-26,28H,6,8,13,15-17,27H2,1-4H3,(H,45,48). The maximum Gasteiger partial charge on any atom is 0.340 e. The summed E-state index contributed by atoms with van der Waals surface area (Å²) in [7, 11) is -1.64. The van der Waals surface area contributed by atoms with Crippen molar-refractivity contribution in [2.24, 2.45) is 0 Å². The zero-order valence-corrected chi connectivity index (χ0v) is 33.4. The third-order valence-corrected chi connectivity index (χ3v) is 13.1. The molecule has 5 aromatic rings. The summed E-state index contributed by atoms with van der Waals surface area (Å²) >= 11 is 1.48. The van der Waals surface area contributed by atoms with Crippen LogP contribution in [-0.2, 0) is 51.6 Å². The molecule has 1 aromatic heterocycles. The SMILES string of the molecule is COC(=O)c1ccc(CCc2ccc(NC(=O)c3c(CC(=O)c4cccc(S(=O)(=O)N(c5ccccc5C(=O)OC)C(C)C)c4)sc4c3CCCC4)cc2)cc1. The maximum absolute atomic E-state index is 14.2. The fourth-order valence-corrected chi connectivity index (χ4v) is 10.1. The van der Waals surface area contributed by atoms with Crippen LogP contribution in [0.3, 0.4) is 0 Å². The molecule has 0 atom stereocenters. The molecule has 1 aliphatic rings. The van der Waals surface area contributed by atoms with Crippen molar-refractivity contribution in [1.29, 1.82) is 0 Å². The van der Waals surface area contributed by atoms with Crippen molar-refractivity contribution in [3.63, 3.8) is 0 Å². The number of carbonyl (C=O) groups excluding carboxylic acids is 4. The number of methoxy groups -OCH3 is 2. The van der Waals surface area contributed by atoms with Gasteiger partial charge in [0.2, 0.25) is 0 Å². The molecular formula is C44H44N2O8S2. The minimum absolute atomic E-state index is 0.0669. The number of fused-ring (bicyclic) bond motifs is 1. The highest BCUT2D eigenvalue weighted by Gasteiger charge is 2.32. The summed E-state index contributed by atoms with van der Waals surface area (Å²) in [5, 5.41) is 3.05. The Morgan fingerprint density at radius 1 is 0.768 bits per heavy atom. The number of hydrogen-bond donors (Lipinski definition) is 1. The number of sulfonamides is 1. The number of ketones is 1.